The van der Waals surface area contributed by atoms with Gasteiger partial charge in [-0.1, -0.05) is 36.4 Å². The topological polar surface area (TPSA) is 88.5 Å². The van der Waals surface area contributed by atoms with Crippen LogP contribution >= 0.6 is 0 Å². The van der Waals surface area contributed by atoms with Crippen molar-refractivity contribution < 1.29 is 28.9 Å². The van der Waals surface area contributed by atoms with Crippen LogP contribution in [0.1, 0.15) is 82.3 Å². The third kappa shape index (κ3) is 9.44. The molecule has 4 aromatic rings. The first-order valence-corrected chi connectivity index (χ1v) is 19.6. The number of carbonyl (C=O) groups excluding carboxylic acids is 1. The molecule has 0 radical (unpaired) electrons. The maximum Gasteiger partial charge on any atom is 0.309 e. The van der Waals surface area contributed by atoms with Gasteiger partial charge in [-0.2, -0.15) is 0 Å². The number of carboxylic acids is 1. The highest BCUT2D eigenvalue weighted by Gasteiger charge is 2.27. The van der Waals surface area contributed by atoms with Crippen molar-refractivity contribution in [3.8, 4) is 11.5 Å². The fourth-order valence-electron chi connectivity index (χ4n) is 7.69. The number of fused-ring (bicyclic) bond motifs is 2. The Morgan fingerprint density at radius 2 is 1.02 bits per heavy atom. The number of aliphatic carboxylic acids is 1. The van der Waals surface area contributed by atoms with Gasteiger partial charge in [-0.05, 0) is 166 Å². The lowest BCUT2D eigenvalue weighted by molar-refractivity contribution is -0.149. The van der Waals surface area contributed by atoms with E-state index in [4.69, 9.17) is 19.3 Å². The smallest absolute Gasteiger partial charge is 0.309 e. The van der Waals surface area contributed by atoms with Crippen LogP contribution in [0.4, 0.5) is 0 Å². The fraction of sp³-hybridized carbons (Fsp3) is 0.500. The molecule has 0 aromatic heterocycles. The zero-order chi connectivity index (χ0) is 35.9. The highest BCUT2D eigenvalue weighted by Crippen LogP contribution is 2.30. The van der Waals surface area contributed by atoms with Gasteiger partial charge in [-0.15, -0.1) is 0 Å². The molecule has 0 bridgehead atoms. The van der Waals surface area contributed by atoms with Crippen molar-refractivity contribution >= 4 is 33.5 Å². The molecule has 8 rings (SSSR count). The quantitative estimate of drug-likeness (QED) is 0.155. The predicted octanol–water partition coefficient (Wildman–Crippen LogP) is 8.61. The average Bonchev–Trinajstić information content (AvgIpc) is 3.12. The summed E-state index contributed by atoms with van der Waals surface area (Å²) in [7, 11) is 0. The minimum atomic E-state index is -0.648. The van der Waals surface area contributed by atoms with Crippen LogP contribution in [0.15, 0.2) is 72.8 Å². The molecule has 0 amide bonds. The van der Waals surface area contributed by atoms with Crippen molar-refractivity contribution in [1.29, 1.82) is 0 Å². The van der Waals surface area contributed by atoms with Crippen molar-refractivity contribution in [3.05, 3.63) is 83.9 Å². The fourth-order valence-corrected chi connectivity index (χ4v) is 7.69. The standard InChI is InChI=1S/C23H29NO3.C21H25NO3/c1-2-26-23(25)18-10-12-24(13-11-18)16-17-6-7-20-15-22(9-8-19(20)14-17)27-21-4-3-5-21;23-21(24)16-8-10-22(11-9-16)14-15-4-5-18-13-20(7-6-17(18)12-15)25-19-2-1-3-19/h6-9,14-15,18,21H,2-5,10-13,16H2,1H3;4-7,12-13,16,19H,1-3,8-11,14H2,(H,23,24). The maximum absolute atomic E-state index is 11.9. The molecular formula is C44H54N2O6. The zero-order valence-electron chi connectivity index (χ0n) is 30.6. The Hall–Kier alpha value is -4.14. The first kappa shape index (κ1) is 36.2. The van der Waals surface area contributed by atoms with E-state index in [1.807, 2.05) is 6.92 Å². The van der Waals surface area contributed by atoms with E-state index in [1.165, 1.54) is 71.2 Å². The first-order valence-electron chi connectivity index (χ1n) is 19.6. The van der Waals surface area contributed by atoms with Crippen LogP contribution in [-0.4, -0.2) is 71.8 Å². The monoisotopic (exact) mass is 706 g/mol. The molecule has 2 aliphatic carbocycles. The SMILES string of the molecule is CCOC(=O)C1CCN(Cc2ccc3cc(OC4CCC4)ccc3c2)CC1.O=C(O)C1CCN(Cc2ccc3cc(OC4CCC4)ccc3c2)CC1. The number of likely N-dealkylation sites (tertiary alicyclic amines) is 2. The molecule has 8 nitrogen and oxygen atoms in total. The van der Waals surface area contributed by atoms with E-state index < -0.39 is 5.97 Å². The third-order valence-corrected chi connectivity index (χ3v) is 11.4. The second kappa shape index (κ2) is 17.1. The summed E-state index contributed by atoms with van der Waals surface area (Å²) < 4.78 is 17.2. The van der Waals surface area contributed by atoms with Crippen molar-refractivity contribution in [2.24, 2.45) is 11.8 Å². The van der Waals surface area contributed by atoms with Crippen LogP contribution in [0.2, 0.25) is 0 Å². The molecule has 52 heavy (non-hydrogen) atoms. The van der Waals surface area contributed by atoms with Gasteiger partial charge in [0.2, 0.25) is 0 Å². The molecule has 4 fully saturated rings. The van der Waals surface area contributed by atoms with Crippen LogP contribution in [0.3, 0.4) is 0 Å². The van der Waals surface area contributed by atoms with Crippen LogP contribution in [0, 0.1) is 11.8 Å². The van der Waals surface area contributed by atoms with Gasteiger partial charge >= 0.3 is 11.9 Å². The lowest BCUT2D eigenvalue weighted by Crippen LogP contribution is -2.36. The number of nitrogens with zero attached hydrogens (tertiary/aromatic N) is 2. The number of carboxylic acid groups (broad SMARTS) is 1. The van der Waals surface area contributed by atoms with E-state index in [0.29, 0.717) is 18.8 Å². The van der Waals surface area contributed by atoms with Gasteiger partial charge in [-0.3, -0.25) is 19.4 Å². The van der Waals surface area contributed by atoms with Crippen LogP contribution in [0.5, 0.6) is 11.5 Å². The minimum absolute atomic E-state index is 0.0252. The largest absolute Gasteiger partial charge is 0.490 e. The molecule has 1 N–H and O–H groups in total. The van der Waals surface area contributed by atoms with Crippen molar-refractivity contribution in [2.75, 3.05) is 32.8 Å². The van der Waals surface area contributed by atoms with E-state index >= 15 is 0 Å². The summed E-state index contributed by atoms with van der Waals surface area (Å²) >= 11 is 0. The van der Waals surface area contributed by atoms with E-state index in [1.54, 1.807) is 0 Å². The molecule has 276 valence electrons. The van der Waals surface area contributed by atoms with Gasteiger partial charge in [-0.25, -0.2) is 0 Å². The van der Waals surface area contributed by atoms with Crippen molar-refractivity contribution in [3.63, 3.8) is 0 Å². The van der Waals surface area contributed by atoms with Crippen LogP contribution in [-0.2, 0) is 27.4 Å². The van der Waals surface area contributed by atoms with E-state index in [0.717, 1.165) is 76.5 Å². The summed E-state index contributed by atoms with van der Waals surface area (Å²) in [5.41, 5.74) is 2.61. The predicted molar refractivity (Wildman–Crippen MR) is 205 cm³/mol. The Morgan fingerprint density at radius 3 is 1.42 bits per heavy atom. The molecule has 4 aliphatic rings. The molecule has 2 heterocycles. The average molecular weight is 707 g/mol. The number of ether oxygens (including phenoxy) is 3. The second-order valence-corrected chi connectivity index (χ2v) is 15.2. The van der Waals surface area contributed by atoms with Crippen LogP contribution in [0.25, 0.3) is 21.5 Å². The van der Waals surface area contributed by atoms with Crippen molar-refractivity contribution in [2.45, 2.75) is 96.4 Å². The molecule has 2 aliphatic heterocycles. The summed E-state index contributed by atoms with van der Waals surface area (Å²) in [6.07, 6.45) is 11.4. The molecule has 0 spiro atoms. The molecule has 2 saturated carbocycles. The lowest BCUT2D eigenvalue weighted by atomic mass is 9.96. The van der Waals surface area contributed by atoms with Gasteiger partial charge in [0.25, 0.3) is 0 Å². The number of benzene rings is 4. The Balaban J connectivity index is 0.000000162. The van der Waals surface area contributed by atoms with E-state index in [9.17, 15) is 9.59 Å². The number of rotatable bonds is 11. The highest BCUT2D eigenvalue weighted by molar-refractivity contribution is 5.85. The Bertz CT molecular complexity index is 1820. The first-order chi connectivity index (χ1) is 25.4. The Labute approximate surface area is 308 Å². The number of piperidine rings is 2. The maximum atomic E-state index is 11.9. The summed E-state index contributed by atoms with van der Waals surface area (Å²) in [6, 6.07) is 26.0. The van der Waals surface area contributed by atoms with Gasteiger partial charge in [0.15, 0.2) is 0 Å². The molecule has 2 saturated heterocycles. The van der Waals surface area contributed by atoms with E-state index in [2.05, 4.69) is 82.6 Å². The second-order valence-electron chi connectivity index (χ2n) is 15.2. The highest BCUT2D eigenvalue weighted by atomic mass is 16.5. The molecular weight excluding hydrogens is 652 g/mol. The summed E-state index contributed by atoms with van der Waals surface area (Å²) in [5, 5.41) is 14.0. The Kier molecular flexibility index (Phi) is 11.9. The normalized spacial score (nSPS) is 19.3. The number of hydrogen-bond acceptors (Lipinski definition) is 7. The van der Waals surface area contributed by atoms with Crippen molar-refractivity contribution in [1.82, 2.24) is 9.80 Å². The molecule has 0 atom stereocenters. The summed E-state index contributed by atoms with van der Waals surface area (Å²) in [4.78, 5) is 27.7. The molecule has 8 heteroatoms. The van der Waals surface area contributed by atoms with Gasteiger partial charge in [0.1, 0.15) is 11.5 Å². The van der Waals surface area contributed by atoms with Crippen LogP contribution < -0.4 is 9.47 Å². The van der Waals surface area contributed by atoms with Gasteiger partial charge < -0.3 is 19.3 Å². The number of hydrogen-bond donors (Lipinski definition) is 1. The zero-order valence-corrected chi connectivity index (χ0v) is 30.6. The third-order valence-electron chi connectivity index (χ3n) is 11.4. The minimum Gasteiger partial charge on any atom is -0.490 e. The van der Waals surface area contributed by atoms with Gasteiger partial charge in [0.05, 0.1) is 30.7 Å². The van der Waals surface area contributed by atoms with Gasteiger partial charge in [0, 0.05) is 13.1 Å². The molecule has 0 unspecified atom stereocenters. The molecule has 4 aromatic carbocycles. The van der Waals surface area contributed by atoms with E-state index in [-0.39, 0.29) is 17.8 Å². The summed E-state index contributed by atoms with van der Waals surface area (Å²) in [5.74, 6) is 1.20. The number of carbonyl (C=O) groups is 2. The Morgan fingerprint density at radius 1 is 0.596 bits per heavy atom. The summed E-state index contributed by atoms with van der Waals surface area (Å²) in [6.45, 7) is 7.81. The lowest BCUT2D eigenvalue weighted by Gasteiger charge is -2.30. The number of esters is 1.